The van der Waals surface area contributed by atoms with E-state index in [4.69, 9.17) is 9.15 Å². The van der Waals surface area contributed by atoms with Gasteiger partial charge in [-0.05, 0) is 12.5 Å². The van der Waals surface area contributed by atoms with Gasteiger partial charge in [-0.1, -0.05) is 30.3 Å². The first-order valence-electron chi connectivity index (χ1n) is 6.10. The molecule has 19 heavy (non-hydrogen) atoms. The lowest BCUT2D eigenvalue weighted by atomic mass is 10.2. The van der Waals surface area contributed by atoms with Crippen molar-refractivity contribution in [1.29, 1.82) is 0 Å². The van der Waals surface area contributed by atoms with Crippen molar-refractivity contribution in [1.82, 2.24) is 10.3 Å². The number of hydrogen-bond acceptors (Lipinski definition) is 4. The third-order valence-electron chi connectivity index (χ3n) is 2.49. The maximum absolute atomic E-state index is 11.4. The van der Waals surface area contributed by atoms with E-state index in [-0.39, 0.29) is 6.61 Å². The molecule has 0 aliphatic heterocycles. The Morgan fingerprint density at radius 3 is 2.84 bits per heavy atom. The first-order chi connectivity index (χ1) is 9.24. The number of carbonyl (C=O) groups is 1. The first kappa shape index (κ1) is 13.1. The van der Waals surface area contributed by atoms with E-state index in [1.165, 1.54) is 0 Å². The maximum Gasteiger partial charge on any atom is 0.407 e. The van der Waals surface area contributed by atoms with Gasteiger partial charge < -0.3 is 14.5 Å². The molecule has 0 bridgehead atoms. The van der Waals surface area contributed by atoms with Gasteiger partial charge in [0.05, 0.1) is 6.20 Å². The molecule has 0 atom stereocenters. The number of nitrogens with one attached hydrogen (secondary N) is 1. The number of aryl methyl sites for hydroxylation is 1. The van der Waals surface area contributed by atoms with Crippen LogP contribution in [0.25, 0.3) is 0 Å². The van der Waals surface area contributed by atoms with Crippen LogP contribution in [0, 0.1) is 6.92 Å². The van der Waals surface area contributed by atoms with E-state index in [9.17, 15) is 4.79 Å². The molecule has 0 saturated carbocycles. The Bertz CT molecular complexity index is 522. The van der Waals surface area contributed by atoms with Gasteiger partial charge in [0.2, 0.25) is 0 Å². The number of aromatic nitrogens is 1. The smallest absolute Gasteiger partial charge is 0.407 e. The van der Waals surface area contributed by atoms with Crippen LogP contribution < -0.4 is 5.32 Å². The van der Waals surface area contributed by atoms with Crippen molar-refractivity contribution in [2.45, 2.75) is 20.0 Å². The average Bonchev–Trinajstić information content (AvgIpc) is 2.83. The van der Waals surface area contributed by atoms with Gasteiger partial charge >= 0.3 is 6.09 Å². The number of carbonyl (C=O) groups excluding carboxylic acids is 1. The molecular formula is C14H16N2O3. The van der Waals surface area contributed by atoms with Gasteiger partial charge in [-0.2, -0.15) is 0 Å². The van der Waals surface area contributed by atoms with E-state index < -0.39 is 6.09 Å². The van der Waals surface area contributed by atoms with Gasteiger partial charge in [-0.15, -0.1) is 0 Å². The van der Waals surface area contributed by atoms with Gasteiger partial charge in [0, 0.05) is 13.0 Å². The molecule has 1 aromatic heterocycles. The van der Waals surface area contributed by atoms with E-state index in [1.807, 2.05) is 37.3 Å². The zero-order valence-electron chi connectivity index (χ0n) is 10.8. The van der Waals surface area contributed by atoms with Crippen LogP contribution in [0.3, 0.4) is 0 Å². The lowest BCUT2D eigenvalue weighted by Gasteiger charge is -2.05. The minimum atomic E-state index is -0.438. The SMILES string of the molecule is Cc1cnc(CCNC(=O)OCc2ccccc2)o1. The zero-order valence-corrected chi connectivity index (χ0v) is 10.8. The molecule has 0 radical (unpaired) electrons. The molecule has 0 aliphatic rings. The van der Waals surface area contributed by atoms with Crippen molar-refractivity contribution >= 4 is 6.09 Å². The summed E-state index contributed by atoms with van der Waals surface area (Å²) in [6.07, 6.45) is 1.77. The highest BCUT2D eigenvalue weighted by atomic mass is 16.5. The second-order valence-electron chi connectivity index (χ2n) is 4.10. The standard InChI is InChI=1S/C14H16N2O3/c1-11-9-16-13(19-11)7-8-15-14(17)18-10-12-5-3-2-4-6-12/h2-6,9H,7-8,10H2,1H3,(H,15,17). The van der Waals surface area contributed by atoms with E-state index in [0.717, 1.165) is 11.3 Å². The summed E-state index contributed by atoms with van der Waals surface area (Å²) in [6, 6.07) is 9.54. The van der Waals surface area contributed by atoms with Crippen molar-refractivity contribution in [2.24, 2.45) is 0 Å². The quantitative estimate of drug-likeness (QED) is 0.896. The molecule has 0 spiro atoms. The molecule has 5 heteroatoms. The van der Waals surface area contributed by atoms with E-state index in [2.05, 4.69) is 10.3 Å². The summed E-state index contributed by atoms with van der Waals surface area (Å²) in [4.78, 5) is 15.5. The van der Waals surface area contributed by atoms with Gasteiger partial charge in [-0.3, -0.25) is 0 Å². The molecular weight excluding hydrogens is 244 g/mol. The number of oxazole rings is 1. The van der Waals surface area contributed by atoms with Crippen LogP contribution >= 0.6 is 0 Å². The van der Waals surface area contributed by atoms with Crippen molar-refractivity contribution in [3.8, 4) is 0 Å². The number of nitrogens with zero attached hydrogens (tertiary/aromatic N) is 1. The second-order valence-corrected chi connectivity index (χ2v) is 4.10. The van der Waals surface area contributed by atoms with E-state index in [0.29, 0.717) is 18.9 Å². The fourth-order valence-electron chi connectivity index (χ4n) is 1.56. The summed E-state index contributed by atoms with van der Waals surface area (Å²) in [5, 5.41) is 2.65. The Balaban J connectivity index is 1.65. The van der Waals surface area contributed by atoms with Crippen LogP contribution in [0.15, 0.2) is 40.9 Å². The number of amides is 1. The molecule has 0 aliphatic carbocycles. The minimum absolute atomic E-state index is 0.269. The van der Waals surface area contributed by atoms with Crippen LogP contribution in [0.4, 0.5) is 4.79 Å². The summed E-state index contributed by atoms with van der Waals surface area (Å²) in [5.74, 6) is 1.38. The molecule has 0 unspecified atom stereocenters. The summed E-state index contributed by atoms with van der Waals surface area (Å²) in [5.41, 5.74) is 0.959. The Labute approximate surface area is 111 Å². The van der Waals surface area contributed by atoms with Gasteiger partial charge in [0.15, 0.2) is 5.89 Å². The lowest BCUT2D eigenvalue weighted by molar-refractivity contribution is 0.139. The Hall–Kier alpha value is -2.30. The van der Waals surface area contributed by atoms with Crippen LogP contribution in [-0.2, 0) is 17.8 Å². The molecule has 1 N–H and O–H groups in total. The fourth-order valence-corrected chi connectivity index (χ4v) is 1.56. The summed E-state index contributed by atoms with van der Waals surface area (Å²) >= 11 is 0. The molecule has 1 amide bonds. The normalized spacial score (nSPS) is 10.2. The number of benzene rings is 1. The molecule has 0 fully saturated rings. The zero-order chi connectivity index (χ0) is 13.5. The maximum atomic E-state index is 11.4. The minimum Gasteiger partial charge on any atom is -0.446 e. The topological polar surface area (TPSA) is 64.4 Å². The highest BCUT2D eigenvalue weighted by Crippen LogP contribution is 2.02. The van der Waals surface area contributed by atoms with Crippen molar-refractivity contribution in [3.05, 3.63) is 53.7 Å². The predicted octanol–water partition coefficient (Wildman–Crippen LogP) is 2.45. The predicted molar refractivity (Wildman–Crippen MR) is 69.6 cm³/mol. The van der Waals surface area contributed by atoms with Crippen LogP contribution in [0.1, 0.15) is 17.2 Å². The molecule has 1 heterocycles. The fraction of sp³-hybridized carbons (Fsp3) is 0.286. The molecule has 2 rings (SSSR count). The lowest BCUT2D eigenvalue weighted by Crippen LogP contribution is -2.26. The molecule has 5 nitrogen and oxygen atoms in total. The number of hydrogen-bond donors (Lipinski definition) is 1. The van der Waals surface area contributed by atoms with E-state index in [1.54, 1.807) is 6.20 Å². The van der Waals surface area contributed by atoms with Gasteiger partial charge in [0.25, 0.3) is 0 Å². The Kier molecular flexibility index (Phi) is 4.55. The monoisotopic (exact) mass is 260 g/mol. The number of rotatable bonds is 5. The molecule has 0 saturated heterocycles. The van der Waals surface area contributed by atoms with Crippen LogP contribution in [-0.4, -0.2) is 17.6 Å². The Morgan fingerprint density at radius 2 is 2.16 bits per heavy atom. The Morgan fingerprint density at radius 1 is 1.37 bits per heavy atom. The molecule has 1 aromatic carbocycles. The highest BCUT2D eigenvalue weighted by molar-refractivity contribution is 5.67. The molecule has 2 aromatic rings. The van der Waals surface area contributed by atoms with Gasteiger partial charge in [-0.25, -0.2) is 9.78 Å². The van der Waals surface area contributed by atoms with Crippen molar-refractivity contribution in [3.63, 3.8) is 0 Å². The summed E-state index contributed by atoms with van der Waals surface area (Å²) in [6.45, 7) is 2.54. The van der Waals surface area contributed by atoms with Crippen LogP contribution in [0.5, 0.6) is 0 Å². The number of alkyl carbamates (subject to hydrolysis) is 1. The van der Waals surface area contributed by atoms with E-state index >= 15 is 0 Å². The van der Waals surface area contributed by atoms with Crippen molar-refractivity contribution in [2.75, 3.05) is 6.54 Å². The third-order valence-corrected chi connectivity index (χ3v) is 2.49. The summed E-state index contributed by atoms with van der Waals surface area (Å²) in [7, 11) is 0. The van der Waals surface area contributed by atoms with Gasteiger partial charge in [0.1, 0.15) is 12.4 Å². The highest BCUT2D eigenvalue weighted by Gasteiger charge is 2.04. The van der Waals surface area contributed by atoms with Crippen LogP contribution in [0.2, 0.25) is 0 Å². The first-order valence-corrected chi connectivity index (χ1v) is 6.10. The second kappa shape index (κ2) is 6.58. The van der Waals surface area contributed by atoms with Crippen molar-refractivity contribution < 1.29 is 13.9 Å². The largest absolute Gasteiger partial charge is 0.446 e. The summed E-state index contributed by atoms with van der Waals surface area (Å²) < 4.78 is 10.4. The molecule has 100 valence electrons. The third kappa shape index (κ3) is 4.46. The number of ether oxygens (including phenoxy) is 1. The average molecular weight is 260 g/mol.